The molecule has 2 aliphatic heterocycles. The fraction of sp³-hybridized carbons (Fsp3) is 0.611. The van der Waals surface area contributed by atoms with Gasteiger partial charge in [-0.05, 0) is 30.5 Å². The van der Waals surface area contributed by atoms with E-state index in [1.54, 1.807) is 0 Å². The van der Waals surface area contributed by atoms with E-state index in [1.165, 1.54) is 0 Å². The molecule has 0 saturated carbocycles. The number of hydrogen-bond donors (Lipinski definition) is 0. The van der Waals surface area contributed by atoms with E-state index in [0.29, 0.717) is 13.2 Å². The van der Waals surface area contributed by atoms with Crippen LogP contribution in [0.25, 0.3) is 0 Å². The van der Waals surface area contributed by atoms with Gasteiger partial charge in [-0.15, -0.1) is 0 Å². The predicted octanol–water partition coefficient (Wildman–Crippen LogP) is 1.93. The van der Waals surface area contributed by atoms with Crippen LogP contribution >= 0.6 is 0 Å². The second-order valence-electron chi connectivity index (χ2n) is 6.52. The number of ketones is 1. The van der Waals surface area contributed by atoms with Gasteiger partial charge in [-0.25, -0.2) is 0 Å². The Morgan fingerprint density at radius 1 is 1.04 bits per heavy atom. The summed E-state index contributed by atoms with van der Waals surface area (Å²) in [7, 11) is 0. The van der Waals surface area contributed by atoms with Crippen LogP contribution in [0, 0.1) is 5.92 Å². The lowest BCUT2D eigenvalue weighted by Gasteiger charge is -2.32. The molecule has 23 heavy (non-hydrogen) atoms. The summed E-state index contributed by atoms with van der Waals surface area (Å²) >= 11 is 0. The Balaban J connectivity index is 1.54. The van der Waals surface area contributed by atoms with Crippen LogP contribution < -0.4 is 9.47 Å². The molecule has 1 aliphatic carbocycles. The molecule has 1 aromatic rings. The van der Waals surface area contributed by atoms with E-state index in [-0.39, 0.29) is 11.7 Å². The number of carbonyl (C=O) groups is 1. The highest BCUT2D eigenvalue weighted by Gasteiger charge is 2.31. The third-order valence-electron chi connectivity index (χ3n) is 4.95. The van der Waals surface area contributed by atoms with Crippen LogP contribution in [0.2, 0.25) is 0 Å². The first-order valence-corrected chi connectivity index (χ1v) is 8.58. The van der Waals surface area contributed by atoms with Crippen molar-refractivity contribution in [1.82, 2.24) is 4.90 Å². The molecule has 0 spiro atoms. The summed E-state index contributed by atoms with van der Waals surface area (Å²) in [6, 6.07) is 3.92. The Kier molecular flexibility index (Phi) is 4.23. The van der Waals surface area contributed by atoms with Gasteiger partial charge in [0.25, 0.3) is 0 Å². The zero-order chi connectivity index (χ0) is 15.6. The number of rotatable bonds is 2. The number of carbonyl (C=O) groups excluding carboxylic acids is 1. The summed E-state index contributed by atoms with van der Waals surface area (Å²) in [5, 5.41) is 0. The Morgan fingerprint density at radius 3 is 2.57 bits per heavy atom. The van der Waals surface area contributed by atoms with Crippen LogP contribution in [0.4, 0.5) is 0 Å². The molecule has 5 nitrogen and oxygen atoms in total. The van der Waals surface area contributed by atoms with Gasteiger partial charge in [0.1, 0.15) is 0 Å². The number of ether oxygens (including phenoxy) is 3. The molecule has 1 aromatic carbocycles. The highest BCUT2D eigenvalue weighted by molar-refractivity contribution is 6.01. The van der Waals surface area contributed by atoms with Crippen molar-refractivity contribution in [3.63, 3.8) is 0 Å². The first-order valence-electron chi connectivity index (χ1n) is 8.58. The van der Waals surface area contributed by atoms with E-state index in [9.17, 15) is 4.79 Å². The molecule has 0 N–H and O–H groups in total. The monoisotopic (exact) mass is 317 g/mol. The van der Waals surface area contributed by atoms with Crippen molar-refractivity contribution in [2.45, 2.75) is 19.3 Å². The maximum absolute atomic E-state index is 12.9. The zero-order valence-electron chi connectivity index (χ0n) is 13.4. The molecule has 0 aromatic heterocycles. The third kappa shape index (κ3) is 3.08. The fourth-order valence-electron chi connectivity index (χ4n) is 3.64. The topological polar surface area (TPSA) is 48.0 Å². The fourth-order valence-corrected chi connectivity index (χ4v) is 3.64. The van der Waals surface area contributed by atoms with Gasteiger partial charge in [-0.2, -0.15) is 0 Å². The molecule has 5 heteroatoms. The molecule has 2 heterocycles. The maximum atomic E-state index is 12.9. The quantitative estimate of drug-likeness (QED) is 0.834. The summed E-state index contributed by atoms with van der Waals surface area (Å²) in [6.45, 7) is 5.58. The van der Waals surface area contributed by atoms with Crippen LogP contribution in [0.5, 0.6) is 11.5 Å². The van der Waals surface area contributed by atoms with Crippen molar-refractivity contribution < 1.29 is 19.0 Å². The van der Waals surface area contributed by atoms with Crippen molar-refractivity contribution in [3.05, 3.63) is 23.3 Å². The van der Waals surface area contributed by atoms with Gasteiger partial charge in [0.05, 0.1) is 26.4 Å². The Hall–Kier alpha value is -1.59. The molecule has 1 saturated heterocycles. The molecule has 1 fully saturated rings. The van der Waals surface area contributed by atoms with E-state index < -0.39 is 0 Å². The summed E-state index contributed by atoms with van der Waals surface area (Å²) in [4.78, 5) is 15.3. The molecular formula is C18H23NO4. The molecule has 0 amide bonds. The van der Waals surface area contributed by atoms with Crippen molar-refractivity contribution >= 4 is 5.78 Å². The summed E-state index contributed by atoms with van der Waals surface area (Å²) in [5.41, 5.74) is 1.94. The smallest absolute Gasteiger partial charge is 0.167 e. The van der Waals surface area contributed by atoms with Crippen molar-refractivity contribution in [2.75, 3.05) is 46.1 Å². The van der Waals surface area contributed by atoms with Crippen LogP contribution in [-0.4, -0.2) is 56.7 Å². The summed E-state index contributed by atoms with van der Waals surface area (Å²) < 4.78 is 16.9. The predicted molar refractivity (Wildman–Crippen MR) is 85.4 cm³/mol. The van der Waals surface area contributed by atoms with E-state index in [1.807, 2.05) is 12.1 Å². The third-order valence-corrected chi connectivity index (χ3v) is 4.95. The lowest BCUT2D eigenvalue weighted by atomic mass is 9.82. The second kappa shape index (κ2) is 6.49. The highest BCUT2D eigenvalue weighted by Crippen LogP contribution is 2.37. The Morgan fingerprint density at radius 2 is 1.78 bits per heavy atom. The maximum Gasteiger partial charge on any atom is 0.167 e. The van der Waals surface area contributed by atoms with Crippen molar-refractivity contribution in [1.29, 1.82) is 0 Å². The van der Waals surface area contributed by atoms with E-state index in [0.717, 1.165) is 74.7 Å². The molecule has 3 aliphatic rings. The normalized spacial score (nSPS) is 24.9. The van der Waals surface area contributed by atoms with Gasteiger partial charge in [0, 0.05) is 37.5 Å². The molecule has 1 atom stereocenters. The number of fused-ring (bicyclic) bond motifs is 2. The number of nitrogens with zero attached hydrogens (tertiary/aromatic N) is 1. The minimum absolute atomic E-state index is 0.0883. The number of morpholine rings is 1. The molecular weight excluding hydrogens is 294 g/mol. The SMILES string of the molecule is O=C1c2cc3c(cc2CC[C@@H]1CN1CCOCC1)OCCCO3. The van der Waals surface area contributed by atoms with Crippen molar-refractivity contribution in [3.8, 4) is 11.5 Å². The van der Waals surface area contributed by atoms with E-state index in [4.69, 9.17) is 14.2 Å². The van der Waals surface area contributed by atoms with Gasteiger partial charge in [0.15, 0.2) is 17.3 Å². The Labute approximate surface area is 136 Å². The highest BCUT2D eigenvalue weighted by atomic mass is 16.5. The number of hydrogen-bond acceptors (Lipinski definition) is 5. The molecule has 0 unspecified atom stereocenters. The van der Waals surface area contributed by atoms with Crippen LogP contribution in [0.15, 0.2) is 12.1 Å². The van der Waals surface area contributed by atoms with Gasteiger partial charge >= 0.3 is 0 Å². The van der Waals surface area contributed by atoms with Crippen molar-refractivity contribution in [2.24, 2.45) is 5.92 Å². The Bertz CT molecular complexity index is 595. The minimum atomic E-state index is 0.0883. The number of Topliss-reactive ketones (excluding diaryl/α,β-unsaturated/α-hetero) is 1. The lowest BCUT2D eigenvalue weighted by Crippen LogP contribution is -2.42. The van der Waals surface area contributed by atoms with Crippen LogP contribution in [0.3, 0.4) is 0 Å². The van der Waals surface area contributed by atoms with E-state index >= 15 is 0 Å². The minimum Gasteiger partial charge on any atom is -0.490 e. The second-order valence-corrected chi connectivity index (χ2v) is 6.52. The van der Waals surface area contributed by atoms with E-state index in [2.05, 4.69) is 4.90 Å². The number of benzene rings is 1. The lowest BCUT2D eigenvalue weighted by molar-refractivity contribution is 0.0291. The summed E-state index contributed by atoms with van der Waals surface area (Å²) in [5.74, 6) is 1.86. The van der Waals surface area contributed by atoms with Crippen LogP contribution in [-0.2, 0) is 11.2 Å². The summed E-state index contributed by atoms with van der Waals surface area (Å²) in [6.07, 6.45) is 2.74. The van der Waals surface area contributed by atoms with Gasteiger partial charge in [-0.3, -0.25) is 9.69 Å². The standard InChI is InChI=1S/C18H23NO4/c20-18-14(12-19-4-8-21-9-5-19)3-2-13-10-16-17(11-15(13)18)23-7-1-6-22-16/h10-11,14H,1-9,12H2/t14-/m1/s1. The molecule has 124 valence electrons. The largest absolute Gasteiger partial charge is 0.490 e. The first-order chi connectivity index (χ1) is 11.3. The molecule has 0 radical (unpaired) electrons. The molecule has 4 rings (SSSR count). The number of aryl methyl sites for hydroxylation is 1. The molecule has 0 bridgehead atoms. The van der Waals surface area contributed by atoms with Crippen LogP contribution in [0.1, 0.15) is 28.8 Å². The van der Waals surface area contributed by atoms with Gasteiger partial charge in [-0.1, -0.05) is 0 Å². The zero-order valence-corrected chi connectivity index (χ0v) is 13.4. The van der Waals surface area contributed by atoms with Gasteiger partial charge in [0.2, 0.25) is 0 Å². The van der Waals surface area contributed by atoms with Gasteiger partial charge < -0.3 is 14.2 Å². The average Bonchev–Trinajstić information content (AvgIpc) is 2.82. The average molecular weight is 317 g/mol. The first kappa shape index (κ1) is 15.0.